The van der Waals surface area contributed by atoms with E-state index >= 15 is 0 Å². The Kier molecular flexibility index (Phi) is 39.4. The lowest BCUT2D eigenvalue weighted by molar-refractivity contribution is -0.169. The molecular weight excluding hydrogens is 655 g/mol. The smallest absolute Gasteiger partial charge is 0.306 e. The van der Waals surface area contributed by atoms with Crippen molar-refractivity contribution in [3.63, 3.8) is 0 Å². The van der Waals surface area contributed by atoms with Crippen molar-refractivity contribution in [2.45, 2.75) is 226 Å². The van der Waals surface area contributed by atoms with Crippen LogP contribution >= 0.6 is 0 Å². The summed E-state index contributed by atoms with van der Waals surface area (Å²) in [6, 6.07) is 0. The number of hydrogen-bond acceptors (Lipinski definition) is 5. The molecule has 0 aromatic carbocycles. The second-order valence-electron chi connectivity index (χ2n) is 15.4. The highest BCUT2D eigenvalue weighted by Gasteiger charge is 2.28. The van der Waals surface area contributed by atoms with Crippen molar-refractivity contribution in [3.05, 3.63) is 48.6 Å². The number of allylic oxidation sites excluding steroid dienone is 8. The topological polar surface area (TPSA) is 55.8 Å². The maximum Gasteiger partial charge on any atom is 0.306 e. The highest BCUT2D eigenvalue weighted by molar-refractivity contribution is 5.70. The molecule has 0 aliphatic carbocycles. The third kappa shape index (κ3) is 37.9. The molecule has 0 heterocycles. The summed E-state index contributed by atoms with van der Waals surface area (Å²) < 4.78 is 12.4. The molecule has 53 heavy (non-hydrogen) atoms. The van der Waals surface area contributed by atoms with E-state index in [2.05, 4.69) is 88.4 Å². The molecule has 0 N–H and O–H groups in total. The number of rotatable bonds is 39. The number of unbranched alkanes of at least 4 members (excludes halogenated alkanes) is 18. The van der Waals surface area contributed by atoms with Crippen LogP contribution in [-0.2, 0) is 19.1 Å². The van der Waals surface area contributed by atoms with Crippen molar-refractivity contribution < 1.29 is 19.1 Å². The lowest BCUT2D eigenvalue weighted by atomic mass is 10.0. The lowest BCUT2D eigenvalue weighted by Crippen LogP contribution is -2.35. The second kappa shape index (κ2) is 41.0. The summed E-state index contributed by atoms with van der Waals surface area (Å²) in [6.07, 6.45) is 49.0. The SMILES string of the molecule is CCCCC/C=C\C/C=C\CCCCCCCC(=O)OC(CCC/C=C\CCCCC)C(CCC/C=C\CCCCC)OC(=O)CCCCCN(C)C. The molecule has 0 rings (SSSR count). The second-order valence-corrected chi connectivity index (χ2v) is 15.4. The van der Waals surface area contributed by atoms with Gasteiger partial charge in [0, 0.05) is 12.8 Å². The Bertz CT molecular complexity index is 921. The molecule has 0 amide bonds. The van der Waals surface area contributed by atoms with E-state index in [1.54, 1.807) is 0 Å². The van der Waals surface area contributed by atoms with Crippen LogP contribution in [0.3, 0.4) is 0 Å². The fourth-order valence-corrected chi connectivity index (χ4v) is 6.42. The van der Waals surface area contributed by atoms with Gasteiger partial charge in [0.1, 0.15) is 12.2 Å². The summed E-state index contributed by atoms with van der Waals surface area (Å²) in [5.74, 6) is -0.295. The predicted molar refractivity (Wildman–Crippen MR) is 230 cm³/mol. The molecular formula is C48H87NO4. The predicted octanol–water partition coefficient (Wildman–Crippen LogP) is 14.4. The summed E-state index contributed by atoms with van der Waals surface area (Å²) in [6.45, 7) is 7.75. The van der Waals surface area contributed by atoms with Gasteiger partial charge in [-0.05, 0) is 136 Å². The number of hydrogen-bond donors (Lipinski definition) is 0. The molecule has 0 aliphatic rings. The molecule has 0 bridgehead atoms. The molecule has 0 fully saturated rings. The molecule has 0 aromatic rings. The van der Waals surface area contributed by atoms with Gasteiger partial charge in [0.2, 0.25) is 0 Å². The minimum Gasteiger partial charge on any atom is -0.458 e. The van der Waals surface area contributed by atoms with Gasteiger partial charge < -0.3 is 14.4 Å². The first-order chi connectivity index (χ1) is 25.9. The van der Waals surface area contributed by atoms with Crippen LogP contribution in [0.5, 0.6) is 0 Å². The van der Waals surface area contributed by atoms with E-state index in [4.69, 9.17) is 9.47 Å². The monoisotopic (exact) mass is 742 g/mol. The van der Waals surface area contributed by atoms with Crippen molar-refractivity contribution in [2.24, 2.45) is 0 Å². The first kappa shape index (κ1) is 50.9. The molecule has 0 radical (unpaired) electrons. The summed E-state index contributed by atoms with van der Waals surface area (Å²) in [7, 11) is 4.16. The Balaban J connectivity index is 5.07. The van der Waals surface area contributed by atoms with Crippen LogP contribution in [0.2, 0.25) is 0 Å². The van der Waals surface area contributed by atoms with Crippen molar-refractivity contribution in [1.29, 1.82) is 0 Å². The molecule has 0 spiro atoms. The average molecular weight is 742 g/mol. The third-order valence-corrected chi connectivity index (χ3v) is 9.80. The third-order valence-electron chi connectivity index (χ3n) is 9.80. The Hall–Kier alpha value is -2.14. The molecule has 0 aromatic heterocycles. The van der Waals surface area contributed by atoms with E-state index in [0.717, 1.165) is 109 Å². The van der Waals surface area contributed by atoms with Crippen LogP contribution in [-0.4, -0.2) is 49.7 Å². The maximum atomic E-state index is 13.2. The molecule has 5 heteroatoms. The number of carbonyl (C=O) groups is 2. The average Bonchev–Trinajstić information content (AvgIpc) is 3.14. The Labute approximate surface area is 329 Å². The standard InChI is InChI=1S/C48H87NO4/c1-6-9-12-15-18-21-22-23-24-25-26-27-30-33-37-42-47(50)52-45(40-35-31-28-19-16-13-10-7-2)46(41-36-32-29-20-17-14-11-8-3)53-48(51)43-38-34-39-44-49(4)5/h18-21,23-24,28-29,45-46H,6-17,22,25-27,30-44H2,1-5H3/b21-18-,24-23-,28-19-,29-20-. The van der Waals surface area contributed by atoms with E-state index in [0.29, 0.717) is 12.8 Å². The van der Waals surface area contributed by atoms with Crippen molar-refractivity contribution in [2.75, 3.05) is 20.6 Å². The fraction of sp³-hybridized carbons (Fsp3) is 0.792. The summed E-state index contributed by atoms with van der Waals surface area (Å²) in [4.78, 5) is 28.5. The molecule has 0 aliphatic heterocycles. The zero-order valence-electron chi connectivity index (χ0n) is 35.8. The quantitative estimate of drug-likeness (QED) is 0.0357. The van der Waals surface area contributed by atoms with E-state index in [1.165, 1.54) is 77.0 Å². The molecule has 0 saturated heterocycles. The van der Waals surface area contributed by atoms with Gasteiger partial charge in [-0.2, -0.15) is 0 Å². The van der Waals surface area contributed by atoms with Crippen molar-refractivity contribution in [3.8, 4) is 0 Å². The highest BCUT2D eigenvalue weighted by atomic mass is 16.6. The molecule has 5 nitrogen and oxygen atoms in total. The van der Waals surface area contributed by atoms with Gasteiger partial charge >= 0.3 is 11.9 Å². The molecule has 308 valence electrons. The van der Waals surface area contributed by atoms with Crippen LogP contribution in [0.4, 0.5) is 0 Å². The van der Waals surface area contributed by atoms with Gasteiger partial charge in [-0.15, -0.1) is 0 Å². The zero-order valence-corrected chi connectivity index (χ0v) is 35.8. The molecule has 2 atom stereocenters. The van der Waals surface area contributed by atoms with E-state index in [-0.39, 0.29) is 24.1 Å². The normalized spacial score (nSPS) is 13.3. The van der Waals surface area contributed by atoms with Gasteiger partial charge in [0.15, 0.2) is 0 Å². The number of carbonyl (C=O) groups excluding carboxylic acids is 2. The Morgan fingerprint density at radius 2 is 0.774 bits per heavy atom. The Morgan fingerprint density at radius 1 is 0.434 bits per heavy atom. The van der Waals surface area contributed by atoms with Gasteiger partial charge in [0.25, 0.3) is 0 Å². The van der Waals surface area contributed by atoms with Crippen molar-refractivity contribution in [1.82, 2.24) is 4.90 Å². The summed E-state index contributed by atoms with van der Waals surface area (Å²) >= 11 is 0. The van der Waals surface area contributed by atoms with E-state index < -0.39 is 0 Å². The van der Waals surface area contributed by atoms with Crippen LogP contribution in [0, 0.1) is 0 Å². The number of nitrogens with zero attached hydrogens (tertiary/aromatic N) is 1. The minimum atomic E-state index is -0.389. The largest absolute Gasteiger partial charge is 0.458 e. The van der Waals surface area contributed by atoms with Gasteiger partial charge in [-0.3, -0.25) is 9.59 Å². The van der Waals surface area contributed by atoms with Crippen LogP contribution in [0.15, 0.2) is 48.6 Å². The summed E-state index contributed by atoms with van der Waals surface area (Å²) in [5, 5.41) is 0. The summed E-state index contributed by atoms with van der Waals surface area (Å²) in [5.41, 5.74) is 0. The Morgan fingerprint density at radius 3 is 1.19 bits per heavy atom. The van der Waals surface area contributed by atoms with Crippen LogP contribution in [0.1, 0.15) is 213 Å². The van der Waals surface area contributed by atoms with Gasteiger partial charge in [0.05, 0.1) is 0 Å². The molecule has 0 saturated carbocycles. The number of ether oxygens (including phenoxy) is 2. The van der Waals surface area contributed by atoms with E-state index in [1.807, 2.05) is 0 Å². The highest BCUT2D eigenvalue weighted by Crippen LogP contribution is 2.21. The van der Waals surface area contributed by atoms with Crippen LogP contribution < -0.4 is 0 Å². The van der Waals surface area contributed by atoms with E-state index in [9.17, 15) is 9.59 Å². The van der Waals surface area contributed by atoms with Gasteiger partial charge in [-0.1, -0.05) is 134 Å². The lowest BCUT2D eigenvalue weighted by Gasteiger charge is -2.27. The van der Waals surface area contributed by atoms with Crippen LogP contribution in [0.25, 0.3) is 0 Å². The molecule has 2 unspecified atom stereocenters. The van der Waals surface area contributed by atoms with Crippen molar-refractivity contribution >= 4 is 11.9 Å². The minimum absolute atomic E-state index is 0.142. The van der Waals surface area contributed by atoms with Gasteiger partial charge in [-0.25, -0.2) is 0 Å². The zero-order chi connectivity index (χ0) is 38.9. The maximum absolute atomic E-state index is 13.2. The first-order valence-corrected chi connectivity index (χ1v) is 22.6. The number of esters is 2. The fourth-order valence-electron chi connectivity index (χ4n) is 6.42. The first-order valence-electron chi connectivity index (χ1n) is 22.6.